The summed E-state index contributed by atoms with van der Waals surface area (Å²) in [6, 6.07) is 0.707. The topological polar surface area (TPSA) is 12.5 Å². The molecule has 1 aliphatic rings. The normalized spacial score (nSPS) is 35.0. The minimum Gasteiger partial charge on any atom is -0.373 e. The van der Waals surface area contributed by atoms with Gasteiger partial charge in [0.25, 0.3) is 0 Å². The summed E-state index contributed by atoms with van der Waals surface area (Å²) < 4.78 is 5.67. The molecule has 0 radical (unpaired) electrons. The van der Waals surface area contributed by atoms with Crippen molar-refractivity contribution in [1.82, 2.24) is 4.90 Å². The van der Waals surface area contributed by atoms with Gasteiger partial charge in [0.2, 0.25) is 0 Å². The summed E-state index contributed by atoms with van der Waals surface area (Å²) in [5.74, 6) is 0. The van der Waals surface area contributed by atoms with E-state index in [1.54, 1.807) is 0 Å². The molecule has 0 bridgehead atoms. The molecule has 1 rings (SSSR count). The molecule has 12 heavy (non-hydrogen) atoms. The Balaban J connectivity index is 2.43. The summed E-state index contributed by atoms with van der Waals surface area (Å²) in [7, 11) is 0. The zero-order valence-electron chi connectivity index (χ0n) is 8.71. The van der Waals surface area contributed by atoms with E-state index in [1.165, 1.54) is 6.42 Å². The molecule has 2 heteroatoms. The Morgan fingerprint density at radius 1 is 1.33 bits per heavy atom. The molecule has 2 nitrogen and oxygen atoms in total. The van der Waals surface area contributed by atoms with Gasteiger partial charge >= 0.3 is 0 Å². The third kappa shape index (κ3) is 2.46. The fourth-order valence-electron chi connectivity index (χ4n) is 1.84. The Hall–Kier alpha value is -0.0800. The van der Waals surface area contributed by atoms with Crippen LogP contribution in [0.5, 0.6) is 0 Å². The molecule has 1 heterocycles. The monoisotopic (exact) mass is 171 g/mol. The largest absolute Gasteiger partial charge is 0.373 e. The van der Waals surface area contributed by atoms with E-state index in [0.29, 0.717) is 18.2 Å². The maximum absolute atomic E-state index is 5.67. The Morgan fingerprint density at radius 3 is 2.25 bits per heavy atom. The molecule has 3 atom stereocenters. The lowest BCUT2D eigenvalue weighted by molar-refractivity contribution is -0.0786. The Morgan fingerprint density at radius 2 is 1.83 bits per heavy atom. The van der Waals surface area contributed by atoms with Gasteiger partial charge in [-0.15, -0.1) is 0 Å². The maximum Gasteiger partial charge on any atom is 0.0678 e. The van der Waals surface area contributed by atoms with Crippen LogP contribution in [0.3, 0.4) is 0 Å². The number of hydrogen-bond acceptors (Lipinski definition) is 2. The average Bonchev–Trinajstić information content (AvgIpc) is 2.01. The molecule has 72 valence electrons. The van der Waals surface area contributed by atoms with E-state index in [9.17, 15) is 0 Å². The SMILES string of the molecule is CCC(C)N1C[C@@H](C)O[C@H](C)C1. The molecule has 0 amide bonds. The minimum absolute atomic E-state index is 0.405. The lowest BCUT2D eigenvalue weighted by Crippen LogP contribution is -2.48. The van der Waals surface area contributed by atoms with Gasteiger partial charge in [0, 0.05) is 19.1 Å². The molecular formula is C10H21NO. The summed E-state index contributed by atoms with van der Waals surface area (Å²) in [6.07, 6.45) is 2.05. The second kappa shape index (κ2) is 4.24. The van der Waals surface area contributed by atoms with Crippen molar-refractivity contribution in [3.63, 3.8) is 0 Å². The molecule has 1 aliphatic heterocycles. The van der Waals surface area contributed by atoms with Gasteiger partial charge in [-0.25, -0.2) is 0 Å². The third-order valence-corrected chi connectivity index (χ3v) is 2.66. The first-order chi connectivity index (χ1) is 5.63. The van der Waals surface area contributed by atoms with Crippen LogP contribution in [0.2, 0.25) is 0 Å². The lowest BCUT2D eigenvalue weighted by Gasteiger charge is -2.38. The predicted molar refractivity (Wildman–Crippen MR) is 51.3 cm³/mol. The second-order valence-corrected chi connectivity index (χ2v) is 3.97. The van der Waals surface area contributed by atoms with Crippen molar-refractivity contribution < 1.29 is 4.74 Å². The highest BCUT2D eigenvalue weighted by atomic mass is 16.5. The molecular weight excluding hydrogens is 150 g/mol. The fraction of sp³-hybridized carbons (Fsp3) is 1.00. The van der Waals surface area contributed by atoms with Crippen LogP contribution in [-0.2, 0) is 4.74 Å². The highest BCUT2D eigenvalue weighted by molar-refractivity contribution is 4.76. The quantitative estimate of drug-likeness (QED) is 0.629. The minimum atomic E-state index is 0.405. The van der Waals surface area contributed by atoms with Gasteiger partial charge in [0.05, 0.1) is 12.2 Å². The van der Waals surface area contributed by atoms with Crippen molar-refractivity contribution in [2.45, 2.75) is 52.4 Å². The fourth-order valence-corrected chi connectivity index (χ4v) is 1.84. The summed E-state index contributed by atoms with van der Waals surface area (Å²) in [4.78, 5) is 2.53. The molecule has 1 unspecified atom stereocenters. The first-order valence-electron chi connectivity index (χ1n) is 5.03. The first-order valence-corrected chi connectivity index (χ1v) is 5.03. The standard InChI is InChI=1S/C10H21NO/c1-5-8(2)11-6-9(3)12-10(4)7-11/h8-10H,5-7H2,1-4H3/t8?,9-,10-/m1/s1. The molecule has 0 aromatic carbocycles. The smallest absolute Gasteiger partial charge is 0.0678 e. The van der Waals surface area contributed by atoms with Gasteiger partial charge in [0.1, 0.15) is 0 Å². The van der Waals surface area contributed by atoms with Gasteiger partial charge < -0.3 is 4.74 Å². The molecule has 0 aliphatic carbocycles. The highest BCUT2D eigenvalue weighted by Gasteiger charge is 2.24. The number of rotatable bonds is 2. The van der Waals surface area contributed by atoms with Crippen molar-refractivity contribution in [3.8, 4) is 0 Å². The Bertz CT molecular complexity index is 128. The Labute approximate surface area is 75.9 Å². The Kier molecular flexibility index (Phi) is 3.53. The summed E-state index contributed by atoms with van der Waals surface area (Å²) in [6.45, 7) is 11.1. The molecule has 0 N–H and O–H groups in total. The zero-order valence-corrected chi connectivity index (χ0v) is 8.71. The molecule has 0 spiro atoms. The van der Waals surface area contributed by atoms with E-state index < -0.39 is 0 Å². The van der Waals surface area contributed by atoms with Crippen LogP contribution in [0.25, 0.3) is 0 Å². The number of morpholine rings is 1. The molecule has 0 aromatic rings. The van der Waals surface area contributed by atoms with Crippen LogP contribution in [0.4, 0.5) is 0 Å². The van der Waals surface area contributed by atoms with E-state index in [2.05, 4.69) is 32.6 Å². The second-order valence-electron chi connectivity index (χ2n) is 3.97. The zero-order chi connectivity index (χ0) is 9.14. The molecule has 0 saturated carbocycles. The van der Waals surface area contributed by atoms with Crippen LogP contribution in [0.1, 0.15) is 34.1 Å². The van der Waals surface area contributed by atoms with Crippen LogP contribution in [0, 0.1) is 0 Å². The molecule has 1 saturated heterocycles. The third-order valence-electron chi connectivity index (χ3n) is 2.66. The van der Waals surface area contributed by atoms with E-state index in [0.717, 1.165) is 13.1 Å². The molecule has 0 aromatic heterocycles. The van der Waals surface area contributed by atoms with Crippen LogP contribution in [0.15, 0.2) is 0 Å². The van der Waals surface area contributed by atoms with Crippen molar-refractivity contribution in [2.24, 2.45) is 0 Å². The van der Waals surface area contributed by atoms with Gasteiger partial charge in [-0.2, -0.15) is 0 Å². The van der Waals surface area contributed by atoms with Crippen molar-refractivity contribution in [3.05, 3.63) is 0 Å². The number of hydrogen-bond donors (Lipinski definition) is 0. The summed E-state index contributed by atoms with van der Waals surface area (Å²) >= 11 is 0. The highest BCUT2D eigenvalue weighted by Crippen LogP contribution is 2.14. The number of nitrogens with zero attached hydrogens (tertiary/aromatic N) is 1. The average molecular weight is 171 g/mol. The van der Waals surface area contributed by atoms with E-state index in [4.69, 9.17) is 4.74 Å². The first kappa shape index (κ1) is 10.0. The maximum atomic E-state index is 5.67. The molecule has 1 fully saturated rings. The van der Waals surface area contributed by atoms with E-state index >= 15 is 0 Å². The van der Waals surface area contributed by atoms with Crippen LogP contribution >= 0.6 is 0 Å². The van der Waals surface area contributed by atoms with Crippen LogP contribution < -0.4 is 0 Å². The van der Waals surface area contributed by atoms with Crippen LogP contribution in [-0.4, -0.2) is 36.2 Å². The van der Waals surface area contributed by atoms with Gasteiger partial charge in [0.15, 0.2) is 0 Å². The van der Waals surface area contributed by atoms with Gasteiger partial charge in [-0.3, -0.25) is 4.90 Å². The van der Waals surface area contributed by atoms with Crippen molar-refractivity contribution in [1.29, 1.82) is 0 Å². The number of ether oxygens (including phenoxy) is 1. The van der Waals surface area contributed by atoms with E-state index in [1.807, 2.05) is 0 Å². The van der Waals surface area contributed by atoms with Crippen molar-refractivity contribution >= 4 is 0 Å². The lowest BCUT2D eigenvalue weighted by atomic mass is 10.1. The van der Waals surface area contributed by atoms with E-state index in [-0.39, 0.29) is 0 Å². The predicted octanol–water partition coefficient (Wildman–Crippen LogP) is 1.89. The van der Waals surface area contributed by atoms with Gasteiger partial charge in [-0.1, -0.05) is 6.92 Å². The van der Waals surface area contributed by atoms with Gasteiger partial charge in [-0.05, 0) is 27.2 Å². The van der Waals surface area contributed by atoms with Crippen molar-refractivity contribution in [2.75, 3.05) is 13.1 Å². The summed E-state index contributed by atoms with van der Waals surface area (Å²) in [5.41, 5.74) is 0. The summed E-state index contributed by atoms with van der Waals surface area (Å²) in [5, 5.41) is 0.